The summed E-state index contributed by atoms with van der Waals surface area (Å²) in [5.74, 6) is -0.230. The second kappa shape index (κ2) is 6.01. The van der Waals surface area contributed by atoms with Crippen molar-refractivity contribution in [2.45, 2.75) is 25.7 Å². The van der Waals surface area contributed by atoms with Crippen LogP contribution < -0.4 is 11.1 Å². The molecule has 0 heterocycles. The first-order valence-electron chi connectivity index (χ1n) is 6.50. The molecule has 19 heavy (non-hydrogen) atoms. The Kier molecular flexibility index (Phi) is 4.58. The molecule has 0 radical (unpaired) electrons. The molecule has 0 aromatic heterocycles. The minimum atomic E-state index is -0.365. The maximum absolute atomic E-state index is 13.5. The van der Waals surface area contributed by atoms with Crippen LogP contribution in [0.4, 0.5) is 4.39 Å². The fraction of sp³-hybridized carbons (Fsp3) is 0.500. The van der Waals surface area contributed by atoms with Gasteiger partial charge in [-0.1, -0.05) is 22.4 Å². The van der Waals surface area contributed by atoms with Crippen molar-refractivity contribution in [1.29, 1.82) is 0 Å². The van der Waals surface area contributed by atoms with Gasteiger partial charge in [-0.05, 0) is 43.0 Å². The van der Waals surface area contributed by atoms with Crippen LogP contribution in [0.2, 0.25) is 0 Å². The van der Waals surface area contributed by atoms with Crippen LogP contribution >= 0.6 is 15.9 Å². The van der Waals surface area contributed by atoms with Crippen molar-refractivity contribution < 1.29 is 9.18 Å². The maximum Gasteiger partial charge on any atom is 0.227 e. The molecule has 1 saturated carbocycles. The van der Waals surface area contributed by atoms with Gasteiger partial charge >= 0.3 is 0 Å². The lowest BCUT2D eigenvalue weighted by Crippen LogP contribution is -2.50. The van der Waals surface area contributed by atoms with E-state index in [9.17, 15) is 9.18 Å². The molecule has 104 valence electrons. The van der Waals surface area contributed by atoms with Gasteiger partial charge in [0.1, 0.15) is 5.82 Å². The minimum absolute atomic E-state index is 0.0108. The number of halogens is 2. The van der Waals surface area contributed by atoms with E-state index in [1.165, 1.54) is 6.07 Å². The lowest BCUT2D eigenvalue weighted by Gasteiger charge is -2.39. The number of amides is 1. The average molecular weight is 329 g/mol. The summed E-state index contributed by atoms with van der Waals surface area (Å²) >= 11 is 3.31. The highest BCUT2D eigenvalue weighted by molar-refractivity contribution is 9.10. The molecule has 0 bridgehead atoms. The smallest absolute Gasteiger partial charge is 0.227 e. The van der Waals surface area contributed by atoms with E-state index in [1.807, 2.05) is 0 Å². The predicted octanol–water partition coefficient (Wildman–Crippen LogP) is 2.38. The van der Waals surface area contributed by atoms with E-state index in [1.54, 1.807) is 12.1 Å². The second-order valence-electron chi connectivity index (χ2n) is 5.08. The quantitative estimate of drug-likeness (QED) is 0.871. The third-order valence-electron chi connectivity index (χ3n) is 3.87. The standard InChI is InChI=1S/C14H18BrFN2O/c15-11-2-3-12(16)10(8-11)4-7-18-13(19)14(9-17)5-1-6-14/h2-3,8H,1,4-7,9,17H2,(H,18,19). The molecule has 0 aliphatic heterocycles. The first-order chi connectivity index (χ1) is 9.07. The normalized spacial score (nSPS) is 16.8. The highest BCUT2D eigenvalue weighted by Crippen LogP contribution is 2.39. The first-order valence-corrected chi connectivity index (χ1v) is 7.29. The van der Waals surface area contributed by atoms with Crippen molar-refractivity contribution >= 4 is 21.8 Å². The summed E-state index contributed by atoms with van der Waals surface area (Å²) in [5, 5.41) is 2.87. The number of nitrogens with two attached hydrogens (primary N) is 1. The molecule has 5 heteroatoms. The van der Waals surface area contributed by atoms with Crippen LogP contribution in [0, 0.1) is 11.2 Å². The summed E-state index contributed by atoms with van der Waals surface area (Å²) in [6.45, 7) is 0.831. The molecule has 2 rings (SSSR count). The minimum Gasteiger partial charge on any atom is -0.355 e. The Morgan fingerprint density at radius 2 is 2.21 bits per heavy atom. The molecule has 1 aliphatic carbocycles. The lowest BCUT2D eigenvalue weighted by molar-refractivity contribution is -0.135. The zero-order valence-electron chi connectivity index (χ0n) is 10.7. The number of carbonyl (C=O) groups excluding carboxylic acids is 1. The van der Waals surface area contributed by atoms with Crippen LogP contribution in [-0.4, -0.2) is 19.0 Å². The summed E-state index contributed by atoms with van der Waals surface area (Å²) in [6, 6.07) is 4.83. The molecule has 1 aromatic carbocycles. The van der Waals surface area contributed by atoms with E-state index >= 15 is 0 Å². The van der Waals surface area contributed by atoms with Crippen molar-refractivity contribution in [3.05, 3.63) is 34.1 Å². The molecule has 0 spiro atoms. The van der Waals surface area contributed by atoms with Gasteiger partial charge in [0.05, 0.1) is 5.41 Å². The van der Waals surface area contributed by atoms with Crippen molar-refractivity contribution in [2.24, 2.45) is 11.1 Å². The Balaban J connectivity index is 1.86. The van der Waals surface area contributed by atoms with E-state index in [0.717, 1.165) is 23.7 Å². The molecule has 1 aliphatic rings. The third-order valence-corrected chi connectivity index (χ3v) is 4.36. The van der Waals surface area contributed by atoms with E-state index in [2.05, 4.69) is 21.2 Å². The average Bonchev–Trinajstić information content (AvgIpc) is 2.33. The van der Waals surface area contributed by atoms with Gasteiger partial charge < -0.3 is 11.1 Å². The second-order valence-corrected chi connectivity index (χ2v) is 6.00. The van der Waals surface area contributed by atoms with Gasteiger partial charge in [-0.25, -0.2) is 4.39 Å². The zero-order chi connectivity index (χ0) is 13.9. The highest BCUT2D eigenvalue weighted by Gasteiger charge is 2.42. The highest BCUT2D eigenvalue weighted by atomic mass is 79.9. The van der Waals surface area contributed by atoms with Crippen LogP contribution in [0.3, 0.4) is 0 Å². The lowest BCUT2D eigenvalue weighted by atomic mass is 9.68. The van der Waals surface area contributed by atoms with Crippen LogP contribution in [0.25, 0.3) is 0 Å². The molecule has 1 amide bonds. The van der Waals surface area contributed by atoms with E-state index in [4.69, 9.17) is 5.73 Å². The fourth-order valence-corrected chi connectivity index (χ4v) is 2.77. The third kappa shape index (κ3) is 3.15. The summed E-state index contributed by atoms with van der Waals surface area (Å²) in [7, 11) is 0. The Bertz CT molecular complexity index is 469. The number of carbonyl (C=O) groups is 1. The van der Waals surface area contributed by atoms with Crippen LogP contribution in [0.15, 0.2) is 22.7 Å². The summed E-state index contributed by atoms with van der Waals surface area (Å²) < 4.78 is 14.4. The number of hydrogen-bond donors (Lipinski definition) is 2. The van der Waals surface area contributed by atoms with Crippen molar-refractivity contribution in [3.63, 3.8) is 0 Å². The molecule has 0 atom stereocenters. The zero-order valence-corrected chi connectivity index (χ0v) is 12.3. The Labute approximate surface area is 120 Å². The predicted molar refractivity (Wildman–Crippen MR) is 76.2 cm³/mol. The molecule has 1 fully saturated rings. The molecule has 1 aromatic rings. The largest absolute Gasteiger partial charge is 0.355 e. The van der Waals surface area contributed by atoms with E-state index in [0.29, 0.717) is 25.1 Å². The van der Waals surface area contributed by atoms with Gasteiger partial charge in [0.2, 0.25) is 5.91 Å². The molecule has 3 N–H and O–H groups in total. The summed E-state index contributed by atoms with van der Waals surface area (Å²) in [6.07, 6.45) is 3.27. The Morgan fingerprint density at radius 1 is 1.47 bits per heavy atom. The van der Waals surface area contributed by atoms with Crippen LogP contribution in [0.1, 0.15) is 24.8 Å². The van der Waals surface area contributed by atoms with Gasteiger partial charge in [-0.15, -0.1) is 0 Å². The van der Waals surface area contributed by atoms with Crippen molar-refractivity contribution in [2.75, 3.05) is 13.1 Å². The summed E-state index contributed by atoms with van der Waals surface area (Å²) in [4.78, 5) is 12.0. The maximum atomic E-state index is 13.5. The number of nitrogens with one attached hydrogen (secondary N) is 1. The first kappa shape index (κ1) is 14.5. The number of rotatable bonds is 5. The monoisotopic (exact) mass is 328 g/mol. The van der Waals surface area contributed by atoms with E-state index < -0.39 is 0 Å². The summed E-state index contributed by atoms with van der Waals surface area (Å²) in [5.41, 5.74) is 5.91. The van der Waals surface area contributed by atoms with Crippen LogP contribution in [-0.2, 0) is 11.2 Å². The van der Waals surface area contributed by atoms with Gasteiger partial charge in [-0.2, -0.15) is 0 Å². The molecule has 0 saturated heterocycles. The van der Waals surface area contributed by atoms with Gasteiger partial charge in [-0.3, -0.25) is 4.79 Å². The SMILES string of the molecule is NCC1(C(=O)NCCc2cc(Br)ccc2F)CCC1. The van der Waals surface area contributed by atoms with Gasteiger partial charge in [0, 0.05) is 17.6 Å². The molecule has 3 nitrogen and oxygen atoms in total. The van der Waals surface area contributed by atoms with E-state index in [-0.39, 0.29) is 17.1 Å². The Hall–Kier alpha value is -0.940. The number of benzene rings is 1. The Morgan fingerprint density at radius 3 is 2.79 bits per heavy atom. The van der Waals surface area contributed by atoms with Crippen LogP contribution in [0.5, 0.6) is 0 Å². The molecular formula is C14H18BrFN2O. The fourth-order valence-electron chi connectivity index (χ4n) is 2.36. The topological polar surface area (TPSA) is 55.1 Å². The molecular weight excluding hydrogens is 311 g/mol. The van der Waals surface area contributed by atoms with Crippen molar-refractivity contribution in [1.82, 2.24) is 5.32 Å². The molecule has 0 unspecified atom stereocenters. The van der Waals surface area contributed by atoms with Gasteiger partial charge in [0.25, 0.3) is 0 Å². The van der Waals surface area contributed by atoms with Crippen molar-refractivity contribution in [3.8, 4) is 0 Å². The van der Waals surface area contributed by atoms with Gasteiger partial charge in [0.15, 0.2) is 0 Å². The number of hydrogen-bond acceptors (Lipinski definition) is 2.